The second kappa shape index (κ2) is 10.3. The van der Waals surface area contributed by atoms with Gasteiger partial charge >= 0.3 is 0 Å². The molecule has 0 saturated carbocycles. The number of halogens is 2. The maximum absolute atomic E-state index is 14.1. The van der Waals surface area contributed by atoms with Gasteiger partial charge < -0.3 is 19.3 Å². The molecule has 0 aromatic heterocycles. The highest BCUT2D eigenvalue weighted by Gasteiger charge is 2.40. The normalized spacial score (nSPS) is 18.1. The van der Waals surface area contributed by atoms with Crippen LogP contribution in [-0.2, 0) is 9.53 Å². The predicted octanol–water partition coefficient (Wildman–Crippen LogP) is 3.52. The molecule has 0 aliphatic carbocycles. The summed E-state index contributed by atoms with van der Waals surface area (Å²) in [4.78, 5) is 29.3. The second-order valence-electron chi connectivity index (χ2n) is 8.69. The molecule has 0 atom stereocenters. The molecule has 176 valence electrons. The van der Waals surface area contributed by atoms with Crippen LogP contribution in [0.3, 0.4) is 0 Å². The Kier molecular flexibility index (Phi) is 7.23. The fourth-order valence-corrected chi connectivity index (χ4v) is 4.39. The average Bonchev–Trinajstić information content (AvgIpc) is 2.84. The van der Waals surface area contributed by atoms with E-state index in [0.29, 0.717) is 65.3 Å². The van der Waals surface area contributed by atoms with Crippen molar-refractivity contribution in [2.45, 2.75) is 19.3 Å². The number of carbonyl (C=O) groups is 2. The topological polar surface area (TPSA) is 59.1 Å². The number of carbonyl (C=O) groups excluding carboxylic acids is 2. The van der Waals surface area contributed by atoms with Gasteiger partial charge in [-0.05, 0) is 37.1 Å². The minimum absolute atomic E-state index is 0.0549. The number of piperidine rings is 1. The van der Waals surface area contributed by atoms with Gasteiger partial charge in [0.1, 0.15) is 17.4 Å². The largest absolute Gasteiger partial charge is 0.493 e. The van der Waals surface area contributed by atoms with Crippen molar-refractivity contribution in [3.05, 3.63) is 65.7 Å². The van der Waals surface area contributed by atoms with E-state index in [0.717, 1.165) is 17.9 Å². The molecule has 2 saturated heterocycles. The highest BCUT2D eigenvalue weighted by Crippen LogP contribution is 2.37. The standard InChI is InChI=1S/C25H28F2N2O4/c26-19-6-7-21(22(27)16-19)24(31)29-10-8-25(9-11-29,18-33-20-4-2-1-3-5-20)17-23(30)28-12-14-32-15-13-28/h1-7,16H,8-15,17-18H2. The van der Waals surface area contributed by atoms with Crippen LogP contribution >= 0.6 is 0 Å². The Balaban J connectivity index is 1.45. The van der Waals surface area contributed by atoms with Crippen molar-refractivity contribution in [3.8, 4) is 5.75 Å². The molecule has 2 amide bonds. The van der Waals surface area contributed by atoms with Gasteiger partial charge in [-0.3, -0.25) is 9.59 Å². The zero-order chi connectivity index (χ0) is 23.3. The molecule has 0 spiro atoms. The molecule has 8 heteroatoms. The lowest BCUT2D eigenvalue weighted by molar-refractivity contribution is -0.139. The van der Waals surface area contributed by atoms with Gasteiger partial charge in [0.2, 0.25) is 5.91 Å². The lowest BCUT2D eigenvalue weighted by Gasteiger charge is -2.42. The SMILES string of the molecule is O=C(CC1(COc2ccccc2)CCN(C(=O)c2ccc(F)cc2F)CC1)N1CCOCC1. The molecule has 0 N–H and O–H groups in total. The zero-order valence-corrected chi connectivity index (χ0v) is 18.5. The number of hydrogen-bond acceptors (Lipinski definition) is 4. The van der Waals surface area contributed by atoms with Crippen LogP contribution in [0.5, 0.6) is 5.75 Å². The third kappa shape index (κ3) is 5.68. The molecule has 6 nitrogen and oxygen atoms in total. The van der Waals surface area contributed by atoms with E-state index in [4.69, 9.17) is 9.47 Å². The summed E-state index contributed by atoms with van der Waals surface area (Å²) in [5.41, 5.74) is -0.586. The van der Waals surface area contributed by atoms with E-state index in [1.807, 2.05) is 35.2 Å². The number of benzene rings is 2. The molecule has 2 aromatic carbocycles. The van der Waals surface area contributed by atoms with E-state index in [1.54, 1.807) is 4.90 Å². The van der Waals surface area contributed by atoms with E-state index in [2.05, 4.69) is 0 Å². The van der Waals surface area contributed by atoms with Crippen molar-refractivity contribution in [2.24, 2.45) is 5.41 Å². The first kappa shape index (κ1) is 23.2. The summed E-state index contributed by atoms with van der Waals surface area (Å²) in [6.45, 7) is 3.29. The zero-order valence-electron chi connectivity index (χ0n) is 18.5. The molecule has 2 aromatic rings. The van der Waals surface area contributed by atoms with Crippen LogP contribution in [0.2, 0.25) is 0 Å². The summed E-state index contributed by atoms with van der Waals surface area (Å²) < 4.78 is 38.8. The van der Waals surface area contributed by atoms with Gasteiger partial charge in [0.15, 0.2) is 0 Å². The molecule has 2 aliphatic heterocycles. The first-order chi connectivity index (χ1) is 16.0. The van der Waals surface area contributed by atoms with Crippen LogP contribution in [0.25, 0.3) is 0 Å². The van der Waals surface area contributed by atoms with Gasteiger partial charge in [0.05, 0.1) is 25.4 Å². The molecule has 0 bridgehead atoms. The van der Waals surface area contributed by atoms with E-state index >= 15 is 0 Å². The Bertz CT molecular complexity index is 972. The first-order valence-electron chi connectivity index (χ1n) is 11.2. The van der Waals surface area contributed by atoms with Gasteiger partial charge in [-0.1, -0.05) is 18.2 Å². The summed E-state index contributed by atoms with van der Waals surface area (Å²) in [6, 6.07) is 12.4. The number of morpholine rings is 1. The summed E-state index contributed by atoms with van der Waals surface area (Å²) in [5, 5.41) is 0. The van der Waals surface area contributed by atoms with E-state index < -0.39 is 23.0 Å². The summed E-state index contributed by atoms with van der Waals surface area (Å²) in [7, 11) is 0. The highest BCUT2D eigenvalue weighted by molar-refractivity contribution is 5.94. The molecule has 4 rings (SSSR count). The first-order valence-corrected chi connectivity index (χ1v) is 11.2. The fraction of sp³-hybridized carbons (Fsp3) is 0.440. The molecule has 0 radical (unpaired) electrons. The van der Waals surface area contributed by atoms with Crippen molar-refractivity contribution in [1.29, 1.82) is 0 Å². The van der Waals surface area contributed by atoms with Gasteiger partial charge in [-0.2, -0.15) is 0 Å². The number of hydrogen-bond donors (Lipinski definition) is 0. The monoisotopic (exact) mass is 458 g/mol. The number of nitrogens with zero attached hydrogens (tertiary/aromatic N) is 2. The predicted molar refractivity (Wildman–Crippen MR) is 118 cm³/mol. The van der Waals surface area contributed by atoms with Crippen molar-refractivity contribution < 1.29 is 27.8 Å². The third-order valence-corrected chi connectivity index (χ3v) is 6.45. The Morgan fingerprint density at radius 1 is 0.939 bits per heavy atom. The molecular formula is C25H28F2N2O4. The lowest BCUT2D eigenvalue weighted by atomic mass is 9.75. The van der Waals surface area contributed by atoms with Crippen molar-refractivity contribution >= 4 is 11.8 Å². The van der Waals surface area contributed by atoms with E-state index in [1.165, 1.54) is 6.07 Å². The maximum atomic E-state index is 14.1. The lowest BCUT2D eigenvalue weighted by Crippen LogP contribution is -2.49. The average molecular weight is 459 g/mol. The summed E-state index contributed by atoms with van der Waals surface area (Å²) in [6.07, 6.45) is 1.40. The minimum atomic E-state index is -0.869. The number of amides is 2. The molecule has 2 aliphatic rings. The van der Waals surface area contributed by atoms with E-state index in [-0.39, 0.29) is 11.5 Å². The Morgan fingerprint density at radius 3 is 2.30 bits per heavy atom. The van der Waals surface area contributed by atoms with Crippen LogP contribution in [0.1, 0.15) is 29.6 Å². The highest BCUT2D eigenvalue weighted by atomic mass is 19.1. The molecule has 2 heterocycles. The summed E-state index contributed by atoms with van der Waals surface area (Å²) >= 11 is 0. The number of likely N-dealkylation sites (tertiary alicyclic amines) is 1. The molecule has 2 fully saturated rings. The number of rotatable bonds is 6. The number of para-hydroxylation sites is 1. The number of ether oxygens (including phenoxy) is 2. The van der Waals surface area contributed by atoms with Crippen LogP contribution in [-0.4, -0.2) is 67.6 Å². The van der Waals surface area contributed by atoms with Crippen molar-refractivity contribution in [3.63, 3.8) is 0 Å². The van der Waals surface area contributed by atoms with Gasteiger partial charge in [0.25, 0.3) is 5.91 Å². The second-order valence-corrected chi connectivity index (χ2v) is 8.69. The van der Waals surface area contributed by atoms with E-state index in [9.17, 15) is 18.4 Å². The Labute approximate surface area is 192 Å². The van der Waals surface area contributed by atoms with Gasteiger partial charge in [-0.25, -0.2) is 8.78 Å². The quantitative estimate of drug-likeness (QED) is 0.665. The third-order valence-electron chi connectivity index (χ3n) is 6.45. The van der Waals surface area contributed by atoms with Crippen LogP contribution in [0.15, 0.2) is 48.5 Å². The van der Waals surface area contributed by atoms with Crippen molar-refractivity contribution in [2.75, 3.05) is 46.0 Å². The molecule has 0 unspecified atom stereocenters. The Hall–Kier alpha value is -3.00. The van der Waals surface area contributed by atoms with Crippen LogP contribution < -0.4 is 4.74 Å². The Morgan fingerprint density at radius 2 is 1.64 bits per heavy atom. The van der Waals surface area contributed by atoms with Crippen LogP contribution in [0, 0.1) is 17.0 Å². The molecular weight excluding hydrogens is 430 g/mol. The van der Waals surface area contributed by atoms with Gasteiger partial charge in [-0.15, -0.1) is 0 Å². The fourth-order valence-electron chi connectivity index (χ4n) is 4.39. The van der Waals surface area contributed by atoms with Crippen LogP contribution in [0.4, 0.5) is 8.78 Å². The molecule has 33 heavy (non-hydrogen) atoms. The van der Waals surface area contributed by atoms with Crippen molar-refractivity contribution in [1.82, 2.24) is 9.80 Å². The minimum Gasteiger partial charge on any atom is -0.493 e. The summed E-state index contributed by atoms with van der Waals surface area (Å²) in [5.74, 6) is -1.28. The van der Waals surface area contributed by atoms with Gasteiger partial charge in [0, 0.05) is 44.1 Å². The smallest absolute Gasteiger partial charge is 0.256 e. The maximum Gasteiger partial charge on any atom is 0.256 e.